The average molecular weight is 358 g/mol. The molecular formula is C17H15FN4O2S. The average Bonchev–Trinajstić information content (AvgIpc) is 2.93. The van der Waals surface area contributed by atoms with E-state index in [1.54, 1.807) is 29.1 Å². The monoisotopic (exact) mass is 358 g/mol. The van der Waals surface area contributed by atoms with Crippen molar-refractivity contribution in [3.05, 3.63) is 77.4 Å². The Balaban J connectivity index is 1.77. The van der Waals surface area contributed by atoms with Gasteiger partial charge in [-0.2, -0.15) is 0 Å². The lowest BCUT2D eigenvalue weighted by Crippen LogP contribution is -2.31. The predicted octanol–water partition coefficient (Wildman–Crippen LogP) is 2.32. The molecule has 0 N–H and O–H groups in total. The molecule has 0 atom stereocenters. The third-order valence-corrected chi connectivity index (χ3v) is 5.85. The largest absolute Gasteiger partial charge is 0.264 e. The van der Waals surface area contributed by atoms with Crippen LogP contribution in [-0.2, 0) is 28.9 Å². The summed E-state index contributed by atoms with van der Waals surface area (Å²) in [6.07, 6.45) is 1.57. The van der Waals surface area contributed by atoms with Gasteiger partial charge in [0, 0.05) is 0 Å². The third kappa shape index (κ3) is 3.00. The maximum absolute atomic E-state index is 13.4. The predicted molar refractivity (Wildman–Crippen MR) is 90.8 cm³/mol. The molecular weight excluding hydrogens is 343 g/mol. The van der Waals surface area contributed by atoms with E-state index in [4.69, 9.17) is 0 Å². The topological polar surface area (TPSA) is 68.1 Å². The normalized spacial score (nSPS) is 13.9. The van der Waals surface area contributed by atoms with E-state index in [2.05, 4.69) is 10.3 Å². The highest BCUT2D eigenvalue weighted by atomic mass is 32.2. The molecule has 0 saturated carbocycles. The molecule has 0 saturated heterocycles. The molecule has 6 nitrogen and oxygen atoms in total. The number of sulfonamides is 1. The van der Waals surface area contributed by atoms with Crippen LogP contribution in [0.5, 0.6) is 0 Å². The van der Waals surface area contributed by atoms with E-state index in [-0.39, 0.29) is 12.3 Å². The first-order valence-electron chi connectivity index (χ1n) is 7.73. The molecule has 0 bridgehead atoms. The molecule has 0 fully saturated rings. The van der Waals surface area contributed by atoms with Crippen molar-refractivity contribution in [2.24, 2.45) is 0 Å². The number of fused-ring (bicyclic) bond motifs is 2. The van der Waals surface area contributed by atoms with Crippen LogP contribution in [-0.4, -0.2) is 23.4 Å². The van der Waals surface area contributed by atoms with Crippen LogP contribution in [0.2, 0.25) is 0 Å². The summed E-state index contributed by atoms with van der Waals surface area (Å²) in [5, 5.41) is 7.90. The molecule has 128 valence electrons. The summed E-state index contributed by atoms with van der Waals surface area (Å²) < 4.78 is 42.6. The zero-order chi connectivity index (χ0) is 17.4. The molecule has 0 aliphatic carbocycles. The Labute approximate surface area is 144 Å². The van der Waals surface area contributed by atoms with Crippen LogP contribution in [0.3, 0.4) is 0 Å². The summed E-state index contributed by atoms with van der Waals surface area (Å²) >= 11 is 0. The van der Waals surface area contributed by atoms with Gasteiger partial charge < -0.3 is 0 Å². The summed E-state index contributed by atoms with van der Waals surface area (Å²) in [5.41, 5.74) is 2.58. The molecule has 0 spiro atoms. The number of anilines is 1. The van der Waals surface area contributed by atoms with Gasteiger partial charge in [-0.1, -0.05) is 35.5 Å². The van der Waals surface area contributed by atoms with Gasteiger partial charge in [0.25, 0.3) is 0 Å². The van der Waals surface area contributed by atoms with E-state index in [9.17, 15) is 12.8 Å². The first kappa shape index (κ1) is 15.8. The molecule has 1 aromatic heterocycles. The lowest BCUT2D eigenvalue weighted by Gasteiger charge is -2.24. The SMILES string of the molecule is O=S(=O)(Cc1cccc(F)c1)N1Cc2cnnn2Cc2ccccc21. The summed E-state index contributed by atoms with van der Waals surface area (Å²) in [5.74, 6) is -0.730. The Kier molecular flexibility index (Phi) is 3.76. The fourth-order valence-electron chi connectivity index (χ4n) is 2.98. The van der Waals surface area contributed by atoms with E-state index >= 15 is 0 Å². The van der Waals surface area contributed by atoms with E-state index in [0.717, 1.165) is 5.56 Å². The van der Waals surface area contributed by atoms with Crippen molar-refractivity contribution in [3.8, 4) is 0 Å². The highest BCUT2D eigenvalue weighted by Crippen LogP contribution is 2.30. The van der Waals surface area contributed by atoms with Crippen LogP contribution < -0.4 is 4.31 Å². The Morgan fingerprint density at radius 3 is 2.76 bits per heavy atom. The third-order valence-electron chi connectivity index (χ3n) is 4.16. The first-order valence-corrected chi connectivity index (χ1v) is 9.34. The molecule has 1 aliphatic heterocycles. The number of nitrogens with zero attached hydrogens (tertiary/aromatic N) is 4. The first-order chi connectivity index (χ1) is 12.0. The highest BCUT2D eigenvalue weighted by molar-refractivity contribution is 7.92. The number of halogens is 1. The molecule has 2 aromatic carbocycles. The van der Waals surface area contributed by atoms with Gasteiger partial charge in [0.05, 0.1) is 36.4 Å². The second-order valence-corrected chi connectivity index (χ2v) is 7.80. The van der Waals surface area contributed by atoms with E-state index in [0.29, 0.717) is 23.5 Å². The summed E-state index contributed by atoms with van der Waals surface area (Å²) in [6, 6.07) is 13.0. The molecule has 3 aromatic rings. The number of hydrogen-bond donors (Lipinski definition) is 0. The molecule has 1 aliphatic rings. The van der Waals surface area contributed by atoms with Gasteiger partial charge in [0.1, 0.15) is 5.82 Å². The van der Waals surface area contributed by atoms with Crippen molar-refractivity contribution in [1.82, 2.24) is 15.0 Å². The van der Waals surface area contributed by atoms with Gasteiger partial charge in [-0.15, -0.1) is 5.10 Å². The number of para-hydroxylation sites is 1. The van der Waals surface area contributed by atoms with Crippen molar-refractivity contribution < 1.29 is 12.8 Å². The molecule has 4 rings (SSSR count). The van der Waals surface area contributed by atoms with Gasteiger partial charge >= 0.3 is 0 Å². The van der Waals surface area contributed by atoms with Crippen molar-refractivity contribution in [3.63, 3.8) is 0 Å². The molecule has 2 heterocycles. The molecule has 0 unspecified atom stereocenters. The molecule has 0 radical (unpaired) electrons. The smallest absolute Gasteiger partial charge is 0.239 e. The van der Waals surface area contributed by atoms with Crippen molar-refractivity contribution in [1.29, 1.82) is 0 Å². The Hall–Kier alpha value is -2.74. The van der Waals surface area contributed by atoms with Gasteiger partial charge in [-0.3, -0.25) is 4.31 Å². The van der Waals surface area contributed by atoms with E-state index in [1.807, 2.05) is 12.1 Å². The Morgan fingerprint density at radius 2 is 1.92 bits per heavy atom. The van der Waals surface area contributed by atoms with Crippen LogP contribution in [0.4, 0.5) is 10.1 Å². The molecule has 8 heteroatoms. The minimum absolute atomic E-state index is 0.141. The lowest BCUT2D eigenvalue weighted by molar-refractivity contribution is 0.587. The summed E-state index contributed by atoms with van der Waals surface area (Å²) in [7, 11) is -3.71. The second-order valence-electron chi connectivity index (χ2n) is 5.90. The Bertz CT molecular complexity index is 1030. The van der Waals surface area contributed by atoms with E-state index < -0.39 is 15.8 Å². The summed E-state index contributed by atoms with van der Waals surface area (Å²) in [6.45, 7) is 0.596. The fraction of sp³-hybridized carbons (Fsp3) is 0.176. The number of aromatic nitrogens is 3. The Morgan fingerprint density at radius 1 is 1.08 bits per heavy atom. The molecule has 25 heavy (non-hydrogen) atoms. The van der Waals surface area contributed by atoms with Crippen LogP contribution in [0.1, 0.15) is 16.8 Å². The van der Waals surface area contributed by atoms with Crippen molar-refractivity contribution >= 4 is 15.7 Å². The zero-order valence-corrected chi connectivity index (χ0v) is 14.0. The second kappa shape index (κ2) is 5.96. The van der Waals surface area contributed by atoms with Crippen LogP contribution in [0, 0.1) is 5.82 Å². The fourth-order valence-corrected chi connectivity index (χ4v) is 4.54. The highest BCUT2D eigenvalue weighted by Gasteiger charge is 2.29. The van der Waals surface area contributed by atoms with Gasteiger partial charge in [-0.05, 0) is 29.3 Å². The maximum Gasteiger partial charge on any atom is 0.239 e. The lowest BCUT2D eigenvalue weighted by atomic mass is 10.2. The van der Waals surface area contributed by atoms with Crippen LogP contribution >= 0.6 is 0 Å². The minimum atomic E-state index is -3.71. The van der Waals surface area contributed by atoms with Gasteiger partial charge in [0.15, 0.2) is 0 Å². The number of hydrogen-bond acceptors (Lipinski definition) is 4. The number of rotatable bonds is 3. The van der Waals surface area contributed by atoms with Gasteiger partial charge in [0.2, 0.25) is 10.0 Å². The van der Waals surface area contributed by atoms with Crippen molar-refractivity contribution in [2.75, 3.05) is 4.31 Å². The maximum atomic E-state index is 13.4. The quantitative estimate of drug-likeness (QED) is 0.721. The van der Waals surface area contributed by atoms with Gasteiger partial charge in [-0.25, -0.2) is 17.5 Å². The van der Waals surface area contributed by atoms with Crippen LogP contribution in [0.15, 0.2) is 54.7 Å². The standard InChI is InChI=1S/C17H15FN4O2S/c18-15-6-3-4-13(8-15)12-25(23,24)22-11-16-9-19-20-21(16)10-14-5-1-2-7-17(14)22/h1-9H,10-12H2. The zero-order valence-electron chi connectivity index (χ0n) is 13.2. The summed E-state index contributed by atoms with van der Waals surface area (Å²) in [4.78, 5) is 0. The van der Waals surface area contributed by atoms with Crippen molar-refractivity contribution in [2.45, 2.75) is 18.8 Å². The number of benzene rings is 2. The molecule has 0 amide bonds. The minimum Gasteiger partial charge on any atom is -0.264 e. The van der Waals surface area contributed by atoms with Crippen LogP contribution in [0.25, 0.3) is 0 Å². The van der Waals surface area contributed by atoms with E-state index in [1.165, 1.54) is 22.5 Å².